The lowest BCUT2D eigenvalue weighted by Gasteiger charge is -2.16. The van der Waals surface area contributed by atoms with E-state index in [2.05, 4.69) is 21.2 Å². The van der Waals surface area contributed by atoms with Crippen LogP contribution < -0.4 is 5.32 Å². The number of benzene rings is 1. The molecule has 0 radical (unpaired) electrons. The zero-order valence-corrected chi connectivity index (χ0v) is 8.77. The lowest BCUT2D eigenvalue weighted by Crippen LogP contribution is -2.20. The summed E-state index contributed by atoms with van der Waals surface area (Å²) in [7, 11) is 0. The standard InChI is InChI=1S/C10H7BrFNO/c11-4-1-6-5-3-7(5)10(14)13-9(6)8(12)2-4/h1-2,5,7H,3H2,(H,13,14). The largest absolute Gasteiger partial charge is 0.323 e. The summed E-state index contributed by atoms with van der Waals surface area (Å²) in [4.78, 5) is 11.3. The monoisotopic (exact) mass is 255 g/mol. The zero-order valence-electron chi connectivity index (χ0n) is 7.18. The van der Waals surface area contributed by atoms with E-state index >= 15 is 0 Å². The van der Waals surface area contributed by atoms with E-state index in [1.807, 2.05) is 6.07 Å². The smallest absolute Gasteiger partial charge is 0.228 e. The van der Waals surface area contributed by atoms with Crippen molar-refractivity contribution >= 4 is 27.5 Å². The van der Waals surface area contributed by atoms with Gasteiger partial charge in [-0.3, -0.25) is 4.79 Å². The number of nitrogens with one attached hydrogen (secondary N) is 1. The Balaban J connectivity index is 2.20. The number of amides is 1. The van der Waals surface area contributed by atoms with Gasteiger partial charge < -0.3 is 5.32 Å². The van der Waals surface area contributed by atoms with E-state index in [0.29, 0.717) is 5.69 Å². The van der Waals surface area contributed by atoms with Crippen LogP contribution in [0.15, 0.2) is 16.6 Å². The molecule has 3 rings (SSSR count). The average Bonchev–Trinajstić information content (AvgIpc) is 2.87. The third-order valence-corrected chi connectivity index (χ3v) is 3.32. The van der Waals surface area contributed by atoms with Crippen molar-refractivity contribution in [3.63, 3.8) is 0 Å². The molecule has 1 heterocycles. The maximum atomic E-state index is 13.5. The van der Waals surface area contributed by atoms with Crippen molar-refractivity contribution in [2.75, 3.05) is 5.32 Å². The third kappa shape index (κ3) is 1.03. The quantitative estimate of drug-likeness (QED) is 0.759. The lowest BCUT2D eigenvalue weighted by molar-refractivity contribution is -0.117. The van der Waals surface area contributed by atoms with Crippen LogP contribution in [-0.2, 0) is 4.79 Å². The van der Waals surface area contributed by atoms with Gasteiger partial charge in [-0.15, -0.1) is 0 Å². The Hall–Kier alpha value is -0.900. The predicted molar refractivity (Wildman–Crippen MR) is 53.6 cm³/mol. The molecule has 2 atom stereocenters. The van der Waals surface area contributed by atoms with Crippen LogP contribution in [0.5, 0.6) is 0 Å². The van der Waals surface area contributed by atoms with Crippen LogP contribution in [0.3, 0.4) is 0 Å². The highest BCUT2D eigenvalue weighted by Crippen LogP contribution is 2.54. The summed E-state index contributed by atoms with van der Waals surface area (Å²) in [5.41, 5.74) is 1.30. The van der Waals surface area contributed by atoms with Crippen molar-refractivity contribution in [3.8, 4) is 0 Å². The molecule has 2 nitrogen and oxygen atoms in total. The van der Waals surface area contributed by atoms with Gasteiger partial charge in [0.15, 0.2) is 0 Å². The topological polar surface area (TPSA) is 29.1 Å². The van der Waals surface area contributed by atoms with Gasteiger partial charge in [-0.25, -0.2) is 4.39 Å². The summed E-state index contributed by atoms with van der Waals surface area (Å²) in [5.74, 6) is -0.0706. The first-order valence-electron chi connectivity index (χ1n) is 4.46. The van der Waals surface area contributed by atoms with Gasteiger partial charge in [-0.05, 0) is 30.0 Å². The highest BCUT2D eigenvalue weighted by molar-refractivity contribution is 9.10. The summed E-state index contributed by atoms with van der Waals surface area (Å²) in [6, 6.07) is 3.27. The number of rotatable bonds is 0. The second-order valence-electron chi connectivity index (χ2n) is 3.79. The fourth-order valence-electron chi connectivity index (χ4n) is 2.06. The van der Waals surface area contributed by atoms with Gasteiger partial charge in [0.05, 0.1) is 5.69 Å². The first-order valence-corrected chi connectivity index (χ1v) is 5.26. The number of carbonyl (C=O) groups excluding carboxylic acids is 1. The molecular weight excluding hydrogens is 249 g/mol. The van der Waals surface area contributed by atoms with E-state index in [-0.39, 0.29) is 23.6 Å². The van der Waals surface area contributed by atoms with Gasteiger partial charge in [0.1, 0.15) is 5.82 Å². The molecule has 0 spiro atoms. The second kappa shape index (κ2) is 2.57. The molecule has 2 unspecified atom stereocenters. The van der Waals surface area contributed by atoms with Crippen LogP contribution in [0.2, 0.25) is 0 Å². The van der Waals surface area contributed by atoms with E-state index < -0.39 is 0 Å². The first-order chi connectivity index (χ1) is 6.66. The van der Waals surface area contributed by atoms with Crippen LogP contribution in [0.1, 0.15) is 17.9 Å². The normalized spacial score (nSPS) is 27.7. The maximum Gasteiger partial charge on any atom is 0.228 e. The lowest BCUT2D eigenvalue weighted by atomic mass is 10.0. The molecule has 0 saturated heterocycles. The van der Waals surface area contributed by atoms with Gasteiger partial charge in [-0.2, -0.15) is 0 Å². The van der Waals surface area contributed by atoms with Crippen molar-refractivity contribution in [2.45, 2.75) is 12.3 Å². The summed E-state index contributed by atoms with van der Waals surface area (Å²) in [6.07, 6.45) is 0.856. The molecule has 0 aromatic heterocycles. The van der Waals surface area contributed by atoms with E-state index in [1.165, 1.54) is 6.07 Å². The van der Waals surface area contributed by atoms with E-state index in [0.717, 1.165) is 16.5 Å². The highest BCUT2D eigenvalue weighted by atomic mass is 79.9. The summed E-state index contributed by atoms with van der Waals surface area (Å²) >= 11 is 3.25. The van der Waals surface area contributed by atoms with Gasteiger partial charge in [0.25, 0.3) is 0 Å². The van der Waals surface area contributed by atoms with Crippen LogP contribution in [0.25, 0.3) is 0 Å². The average molecular weight is 256 g/mol. The Bertz CT molecular complexity index is 446. The molecule has 1 saturated carbocycles. The van der Waals surface area contributed by atoms with Crippen LogP contribution in [0.4, 0.5) is 10.1 Å². The Kier molecular flexibility index (Phi) is 1.54. The molecule has 1 N–H and O–H groups in total. The molecule has 72 valence electrons. The van der Waals surface area contributed by atoms with E-state index in [4.69, 9.17) is 0 Å². The number of halogens is 2. The molecule has 1 fully saturated rings. The van der Waals surface area contributed by atoms with E-state index in [1.54, 1.807) is 0 Å². The molecule has 14 heavy (non-hydrogen) atoms. The number of hydrogen-bond acceptors (Lipinski definition) is 1. The van der Waals surface area contributed by atoms with Gasteiger partial charge >= 0.3 is 0 Å². The Morgan fingerprint density at radius 3 is 3.00 bits per heavy atom. The molecule has 1 aliphatic carbocycles. The third-order valence-electron chi connectivity index (χ3n) is 2.86. The number of carbonyl (C=O) groups is 1. The van der Waals surface area contributed by atoms with Crippen LogP contribution >= 0.6 is 15.9 Å². The highest BCUT2D eigenvalue weighted by Gasteiger charge is 2.49. The number of hydrogen-bond donors (Lipinski definition) is 1. The molecule has 1 amide bonds. The van der Waals surface area contributed by atoms with Crippen LogP contribution in [-0.4, -0.2) is 5.91 Å². The minimum atomic E-state index is -0.354. The second-order valence-corrected chi connectivity index (χ2v) is 4.71. The fourth-order valence-corrected chi connectivity index (χ4v) is 2.51. The first kappa shape index (κ1) is 8.41. The summed E-state index contributed by atoms with van der Waals surface area (Å²) < 4.78 is 14.2. The van der Waals surface area contributed by atoms with Crippen molar-refractivity contribution in [2.24, 2.45) is 5.92 Å². The molecule has 4 heteroatoms. The number of fused-ring (bicyclic) bond motifs is 3. The minimum absolute atomic E-state index is 0.0382. The Morgan fingerprint density at radius 2 is 2.21 bits per heavy atom. The van der Waals surface area contributed by atoms with Gasteiger partial charge in [-0.1, -0.05) is 15.9 Å². The number of anilines is 1. The van der Waals surface area contributed by atoms with Gasteiger partial charge in [0, 0.05) is 10.4 Å². The van der Waals surface area contributed by atoms with E-state index in [9.17, 15) is 9.18 Å². The Labute approximate surface area is 88.6 Å². The summed E-state index contributed by atoms with van der Waals surface area (Å²) in [5, 5.41) is 2.61. The minimum Gasteiger partial charge on any atom is -0.323 e. The molecule has 1 aromatic carbocycles. The molecule has 1 aromatic rings. The van der Waals surface area contributed by atoms with Crippen LogP contribution in [0, 0.1) is 11.7 Å². The van der Waals surface area contributed by atoms with Crippen molar-refractivity contribution in [3.05, 3.63) is 28.0 Å². The predicted octanol–water partition coefficient (Wildman–Crippen LogP) is 2.64. The molecule has 1 aliphatic heterocycles. The van der Waals surface area contributed by atoms with Gasteiger partial charge in [0.2, 0.25) is 5.91 Å². The summed E-state index contributed by atoms with van der Waals surface area (Å²) in [6.45, 7) is 0. The zero-order chi connectivity index (χ0) is 9.87. The maximum absolute atomic E-state index is 13.5. The van der Waals surface area contributed by atoms with Crippen molar-refractivity contribution in [1.82, 2.24) is 0 Å². The molecular formula is C10H7BrFNO. The molecule has 0 bridgehead atoms. The van der Waals surface area contributed by atoms with Crippen molar-refractivity contribution in [1.29, 1.82) is 0 Å². The Morgan fingerprint density at radius 1 is 1.43 bits per heavy atom. The van der Waals surface area contributed by atoms with Crippen molar-refractivity contribution < 1.29 is 9.18 Å². The fraction of sp³-hybridized carbons (Fsp3) is 0.300. The molecule has 2 aliphatic rings. The SMILES string of the molecule is O=C1Nc2c(F)cc(Br)cc2C2CC12.